The lowest BCUT2D eigenvalue weighted by Crippen LogP contribution is -2.35. The lowest BCUT2D eigenvalue weighted by atomic mass is 9.91. The molecule has 0 saturated heterocycles. The van der Waals surface area contributed by atoms with Crippen LogP contribution in [0.15, 0.2) is 11.8 Å². The van der Waals surface area contributed by atoms with Gasteiger partial charge in [0.1, 0.15) is 5.88 Å². The Morgan fingerprint density at radius 3 is 2.65 bits per heavy atom. The average Bonchev–Trinajstić information content (AvgIpc) is 2.44. The van der Waals surface area contributed by atoms with E-state index in [-0.39, 0.29) is 24.0 Å². The Labute approximate surface area is 124 Å². The molecule has 1 amide bonds. The summed E-state index contributed by atoms with van der Waals surface area (Å²) in [5.41, 5.74) is 0.588. The number of alkyl halides is 1. The summed E-state index contributed by atoms with van der Waals surface area (Å²) in [6.07, 6.45) is 4.25. The Bertz CT molecular complexity index is 379. The Morgan fingerprint density at radius 1 is 1.50 bits per heavy atom. The quantitative estimate of drug-likeness (QED) is 0.708. The Kier molecular flexibility index (Phi) is 7.02. The minimum atomic E-state index is -0.902. The van der Waals surface area contributed by atoms with Crippen LogP contribution in [0.4, 0.5) is 0 Å². The molecular weight excluding hydrogens is 282 g/mol. The Hall–Kier alpha value is -1.07. The topological polar surface area (TPSA) is 75.6 Å². The lowest BCUT2D eigenvalue weighted by molar-refractivity contribution is -0.142. The van der Waals surface area contributed by atoms with Gasteiger partial charge in [-0.3, -0.25) is 9.59 Å². The molecule has 5 nitrogen and oxygen atoms in total. The van der Waals surface area contributed by atoms with Crippen molar-refractivity contribution in [2.75, 3.05) is 5.88 Å². The van der Waals surface area contributed by atoms with Gasteiger partial charge in [0.05, 0.1) is 18.1 Å². The van der Waals surface area contributed by atoms with Crippen LogP contribution in [-0.2, 0) is 14.3 Å². The highest BCUT2D eigenvalue weighted by molar-refractivity contribution is 6.27. The fourth-order valence-electron chi connectivity index (χ4n) is 2.33. The average molecular weight is 304 g/mol. The molecule has 0 saturated carbocycles. The molecule has 0 aromatic rings. The number of aliphatic carboxylic acids is 1. The number of rotatable bonds is 7. The van der Waals surface area contributed by atoms with Gasteiger partial charge in [0.15, 0.2) is 0 Å². The number of carbonyl (C=O) groups excluding carboxylic acids is 1. The van der Waals surface area contributed by atoms with Crippen LogP contribution in [0.2, 0.25) is 0 Å². The van der Waals surface area contributed by atoms with Crippen molar-refractivity contribution in [3.8, 4) is 0 Å². The van der Waals surface area contributed by atoms with E-state index in [9.17, 15) is 14.7 Å². The first-order valence-electron chi connectivity index (χ1n) is 6.94. The predicted molar refractivity (Wildman–Crippen MR) is 76.5 cm³/mol. The maximum atomic E-state index is 11.3. The minimum absolute atomic E-state index is 0.123. The van der Waals surface area contributed by atoms with Gasteiger partial charge in [-0.25, -0.2) is 0 Å². The van der Waals surface area contributed by atoms with Crippen molar-refractivity contribution in [2.45, 2.75) is 51.7 Å². The van der Waals surface area contributed by atoms with Crippen molar-refractivity contribution in [3.63, 3.8) is 0 Å². The van der Waals surface area contributed by atoms with Crippen molar-refractivity contribution in [1.29, 1.82) is 0 Å². The van der Waals surface area contributed by atoms with Crippen molar-refractivity contribution in [3.05, 3.63) is 11.8 Å². The third-order valence-electron chi connectivity index (χ3n) is 3.40. The standard InChI is InChI=1S/C14H22ClNO4/c1-3-11(4-2)20-12-6-9(14(18)19)5-10(7-12)16-13(17)8-15/h5,9,11-12H,3-4,6-8H2,1-2H3,(H,16,17)(H,18,19). The molecule has 1 aliphatic carbocycles. The third-order valence-corrected chi connectivity index (χ3v) is 3.64. The summed E-state index contributed by atoms with van der Waals surface area (Å²) < 4.78 is 5.93. The van der Waals surface area contributed by atoms with Crippen molar-refractivity contribution in [1.82, 2.24) is 5.32 Å². The molecule has 0 fully saturated rings. The van der Waals surface area contributed by atoms with E-state index in [0.717, 1.165) is 12.8 Å². The number of carboxylic acids is 1. The predicted octanol–water partition coefficient (Wildman–Crippen LogP) is 2.29. The number of carbonyl (C=O) groups is 2. The van der Waals surface area contributed by atoms with E-state index < -0.39 is 11.9 Å². The molecule has 0 bridgehead atoms. The van der Waals surface area contributed by atoms with Gasteiger partial charge in [-0.2, -0.15) is 0 Å². The zero-order valence-electron chi connectivity index (χ0n) is 11.9. The number of amides is 1. The van der Waals surface area contributed by atoms with Gasteiger partial charge in [-0.15, -0.1) is 11.6 Å². The minimum Gasteiger partial charge on any atom is -0.481 e. The van der Waals surface area contributed by atoms with Gasteiger partial charge < -0.3 is 15.2 Å². The van der Waals surface area contributed by atoms with Crippen molar-refractivity contribution < 1.29 is 19.4 Å². The first-order valence-corrected chi connectivity index (χ1v) is 7.48. The fraction of sp³-hybridized carbons (Fsp3) is 0.714. The molecule has 0 aromatic carbocycles. The van der Waals surface area contributed by atoms with Gasteiger partial charge >= 0.3 is 5.97 Å². The summed E-state index contributed by atoms with van der Waals surface area (Å²) in [7, 11) is 0. The first-order chi connectivity index (χ1) is 9.49. The van der Waals surface area contributed by atoms with Gasteiger partial charge in [0, 0.05) is 12.1 Å². The maximum absolute atomic E-state index is 11.3. The van der Waals surface area contributed by atoms with Crippen LogP contribution < -0.4 is 5.32 Å². The van der Waals surface area contributed by atoms with E-state index >= 15 is 0 Å². The third kappa shape index (κ3) is 5.13. The molecule has 1 aliphatic rings. The molecule has 0 aliphatic heterocycles. The molecule has 0 aromatic heterocycles. The van der Waals surface area contributed by atoms with Crippen molar-refractivity contribution in [2.24, 2.45) is 5.92 Å². The second-order valence-corrected chi connectivity index (χ2v) is 5.22. The van der Waals surface area contributed by atoms with E-state index in [1.54, 1.807) is 6.08 Å². The number of nitrogens with one attached hydrogen (secondary N) is 1. The van der Waals surface area contributed by atoms with Crippen molar-refractivity contribution >= 4 is 23.5 Å². The van der Waals surface area contributed by atoms with E-state index in [4.69, 9.17) is 16.3 Å². The zero-order valence-corrected chi connectivity index (χ0v) is 12.7. The monoisotopic (exact) mass is 303 g/mol. The van der Waals surface area contributed by atoms with E-state index in [0.29, 0.717) is 18.5 Å². The zero-order chi connectivity index (χ0) is 15.1. The summed E-state index contributed by atoms with van der Waals surface area (Å²) >= 11 is 5.45. The molecule has 114 valence electrons. The summed E-state index contributed by atoms with van der Waals surface area (Å²) in [5, 5.41) is 11.8. The number of hydrogen-bond donors (Lipinski definition) is 2. The molecule has 0 spiro atoms. The number of halogens is 1. The van der Waals surface area contributed by atoms with Crippen LogP contribution >= 0.6 is 11.6 Å². The molecule has 2 atom stereocenters. The van der Waals surface area contributed by atoms with Crippen LogP contribution in [0, 0.1) is 5.92 Å². The highest BCUT2D eigenvalue weighted by Crippen LogP contribution is 2.26. The first kappa shape index (κ1) is 17.0. The van der Waals surface area contributed by atoms with E-state index in [1.807, 2.05) is 13.8 Å². The summed E-state index contributed by atoms with van der Waals surface area (Å²) in [6.45, 7) is 4.08. The largest absolute Gasteiger partial charge is 0.481 e. The number of ether oxygens (including phenoxy) is 1. The molecule has 0 heterocycles. The molecule has 1 rings (SSSR count). The lowest BCUT2D eigenvalue weighted by Gasteiger charge is -2.30. The highest BCUT2D eigenvalue weighted by atomic mass is 35.5. The summed E-state index contributed by atoms with van der Waals surface area (Å²) in [4.78, 5) is 22.5. The van der Waals surface area contributed by atoms with Crippen LogP contribution in [0.25, 0.3) is 0 Å². The Balaban J connectivity index is 2.74. The smallest absolute Gasteiger partial charge is 0.310 e. The number of carboxylic acid groups (broad SMARTS) is 1. The van der Waals surface area contributed by atoms with Crippen LogP contribution in [0.5, 0.6) is 0 Å². The van der Waals surface area contributed by atoms with E-state index in [1.165, 1.54) is 0 Å². The SMILES string of the molecule is CCC(CC)OC1CC(NC(=O)CCl)=CC(C(=O)O)C1. The van der Waals surface area contributed by atoms with Crippen LogP contribution in [-0.4, -0.2) is 35.1 Å². The molecular formula is C14H22ClNO4. The normalized spacial score (nSPS) is 22.5. The molecule has 20 heavy (non-hydrogen) atoms. The molecule has 6 heteroatoms. The highest BCUT2D eigenvalue weighted by Gasteiger charge is 2.29. The molecule has 2 N–H and O–H groups in total. The van der Waals surface area contributed by atoms with Gasteiger partial charge in [0.2, 0.25) is 5.91 Å². The Morgan fingerprint density at radius 2 is 2.15 bits per heavy atom. The van der Waals surface area contributed by atoms with Gasteiger partial charge in [-0.1, -0.05) is 19.9 Å². The van der Waals surface area contributed by atoms with Crippen LogP contribution in [0.1, 0.15) is 39.5 Å². The molecule has 0 radical (unpaired) electrons. The molecule has 2 unspecified atom stereocenters. The maximum Gasteiger partial charge on any atom is 0.310 e. The van der Waals surface area contributed by atoms with Gasteiger partial charge in [0.25, 0.3) is 0 Å². The van der Waals surface area contributed by atoms with E-state index in [2.05, 4.69) is 5.32 Å². The van der Waals surface area contributed by atoms with Gasteiger partial charge in [-0.05, 0) is 19.3 Å². The summed E-state index contributed by atoms with van der Waals surface area (Å²) in [5.74, 6) is -2.01. The number of hydrogen-bond acceptors (Lipinski definition) is 3. The second-order valence-electron chi connectivity index (χ2n) is 4.95. The second kappa shape index (κ2) is 8.27. The van der Waals surface area contributed by atoms with Crippen LogP contribution in [0.3, 0.4) is 0 Å². The fourth-order valence-corrected chi connectivity index (χ4v) is 2.39. The summed E-state index contributed by atoms with van der Waals surface area (Å²) in [6, 6.07) is 0.